The molecule has 1 aliphatic rings. The molecule has 0 heterocycles. The van der Waals surface area contributed by atoms with Crippen LogP contribution in [-0.4, -0.2) is 17.5 Å². The molecular weight excluding hydrogens is 345 g/mol. The van der Waals surface area contributed by atoms with E-state index in [9.17, 15) is 13.2 Å². The van der Waals surface area contributed by atoms with Crippen LogP contribution < -0.4 is 14.8 Å². The number of thiocarbonyl (C=S) groups is 1. The number of nitrogens with one attached hydrogen (secondary N) is 2. The van der Waals surface area contributed by atoms with E-state index in [4.69, 9.17) is 12.2 Å². The van der Waals surface area contributed by atoms with Crippen LogP contribution in [0.2, 0.25) is 0 Å². The highest BCUT2D eigenvalue weighted by Crippen LogP contribution is 2.25. The summed E-state index contributed by atoms with van der Waals surface area (Å²) in [7, 11) is 0. The number of alkyl halides is 3. The fraction of sp³-hybridized carbons (Fsp3) is 0.533. The van der Waals surface area contributed by atoms with Crippen LogP contribution in [-0.2, 0) is 0 Å². The van der Waals surface area contributed by atoms with Crippen LogP contribution in [0.5, 0.6) is 5.75 Å². The normalized spacial score (nSPS) is 14.7. The maximum atomic E-state index is 12.0. The Hall–Kier alpha value is -1.15. The highest BCUT2D eigenvalue weighted by Gasteiger charge is 2.30. The van der Waals surface area contributed by atoms with Crippen LogP contribution >= 0.6 is 24.2 Å². The minimum absolute atomic E-state index is 0.237. The van der Waals surface area contributed by atoms with Crippen molar-refractivity contribution in [3.63, 3.8) is 0 Å². The first-order valence-corrected chi connectivity index (χ1v) is 8.74. The van der Waals surface area contributed by atoms with Crippen LogP contribution in [0.25, 0.3) is 0 Å². The van der Waals surface area contributed by atoms with Gasteiger partial charge in [0, 0.05) is 10.9 Å². The molecule has 1 saturated carbocycles. The van der Waals surface area contributed by atoms with Crippen LogP contribution in [0.1, 0.15) is 39.5 Å². The molecule has 23 heavy (non-hydrogen) atoms. The van der Waals surface area contributed by atoms with Crippen molar-refractivity contribution in [2.75, 3.05) is 0 Å². The molecular formula is C15H21F3N2OS2. The third-order valence-electron chi connectivity index (χ3n) is 3.01. The molecule has 8 heteroatoms. The fourth-order valence-corrected chi connectivity index (χ4v) is 2.93. The average molecular weight is 366 g/mol. The van der Waals surface area contributed by atoms with E-state index in [1.54, 1.807) is 0 Å². The summed E-state index contributed by atoms with van der Waals surface area (Å²) in [5.41, 5.74) is 0. The number of benzene rings is 1. The molecule has 1 aromatic carbocycles. The average Bonchev–Trinajstić information content (AvgIpc) is 3.00. The molecule has 0 aromatic heterocycles. The third-order valence-corrected chi connectivity index (χ3v) is 4.17. The Morgan fingerprint density at radius 3 is 2.26 bits per heavy atom. The molecule has 1 aliphatic carbocycles. The highest BCUT2D eigenvalue weighted by atomic mass is 32.2. The molecule has 0 spiro atoms. The van der Waals surface area contributed by atoms with Gasteiger partial charge >= 0.3 is 6.36 Å². The number of halogens is 3. The van der Waals surface area contributed by atoms with E-state index >= 15 is 0 Å². The minimum atomic E-state index is -4.67. The lowest BCUT2D eigenvalue weighted by Gasteiger charge is -2.15. The molecule has 0 amide bonds. The molecule has 130 valence electrons. The first kappa shape index (κ1) is 19.9. The van der Waals surface area contributed by atoms with E-state index in [1.165, 1.54) is 49.1 Å². The standard InChI is InChI=1S/C13H15F3N2OS2.C2H6/c14-13(15,16)19-10-5-7-11(8-6-10)21-18-12(20)17-9-3-1-2-4-9;1-2/h5-9H,1-4H2,(H2,17,18,20);1-2H3. The molecule has 3 nitrogen and oxygen atoms in total. The van der Waals surface area contributed by atoms with Crippen LogP contribution in [0.3, 0.4) is 0 Å². The molecule has 1 aromatic rings. The summed E-state index contributed by atoms with van der Waals surface area (Å²) in [5, 5.41) is 3.76. The van der Waals surface area contributed by atoms with Gasteiger partial charge in [0.1, 0.15) is 5.75 Å². The van der Waals surface area contributed by atoms with E-state index in [-0.39, 0.29) is 5.75 Å². The topological polar surface area (TPSA) is 33.3 Å². The van der Waals surface area contributed by atoms with Crippen LogP contribution in [0.4, 0.5) is 13.2 Å². The van der Waals surface area contributed by atoms with E-state index in [2.05, 4.69) is 14.8 Å². The van der Waals surface area contributed by atoms with Crippen molar-refractivity contribution in [3.8, 4) is 5.75 Å². The summed E-state index contributed by atoms with van der Waals surface area (Å²) >= 11 is 6.42. The van der Waals surface area contributed by atoms with E-state index in [1.807, 2.05) is 13.8 Å². The largest absolute Gasteiger partial charge is 0.573 e. The molecule has 2 N–H and O–H groups in total. The second-order valence-corrected chi connectivity index (χ2v) is 5.97. The summed E-state index contributed by atoms with van der Waals surface area (Å²) in [6, 6.07) is 6.04. The minimum Gasteiger partial charge on any atom is -0.406 e. The van der Waals surface area contributed by atoms with Gasteiger partial charge in [-0.05, 0) is 61.3 Å². The SMILES string of the molecule is CC.FC(F)(F)Oc1ccc(SNC(=S)NC2CCCC2)cc1. The Kier molecular flexibility index (Phi) is 8.54. The Bertz CT molecular complexity index is 475. The Morgan fingerprint density at radius 1 is 1.17 bits per heavy atom. The summed E-state index contributed by atoms with van der Waals surface area (Å²) < 4.78 is 42.8. The predicted molar refractivity (Wildman–Crippen MR) is 91.5 cm³/mol. The van der Waals surface area contributed by atoms with Gasteiger partial charge in [-0.25, -0.2) is 0 Å². The smallest absolute Gasteiger partial charge is 0.406 e. The molecule has 0 bridgehead atoms. The number of hydrogen-bond acceptors (Lipinski definition) is 3. The summed E-state index contributed by atoms with van der Waals surface area (Å²) in [6.45, 7) is 4.00. The second-order valence-electron chi connectivity index (χ2n) is 4.68. The maximum absolute atomic E-state index is 12.0. The van der Waals surface area contributed by atoms with Gasteiger partial charge < -0.3 is 14.8 Å². The lowest BCUT2D eigenvalue weighted by Crippen LogP contribution is -2.37. The molecule has 0 aliphatic heterocycles. The Balaban J connectivity index is 0.00000127. The van der Waals surface area contributed by atoms with Gasteiger partial charge in [0.05, 0.1) is 0 Å². The predicted octanol–water partition coefficient (Wildman–Crippen LogP) is 5.03. The van der Waals surface area contributed by atoms with Gasteiger partial charge in [-0.2, -0.15) is 0 Å². The van der Waals surface area contributed by atoms with Crippen LogP contribution in [0, 0.1) is 0 Å². The lowest BCUT2D eigenvalue weighted by atomic mass is 10.3. The molecule has 0 saturated heterocycles. The summed E-state index contributed by atoms with van der Waals surface area (Å²) in [5.74, 6) is -0.237. The number of hydrogen-bond donors (Lipinski definition) is 2. The first-order valence-electron chi connectivity index (χ1n) is 7.51. The molecule has 0 unspecified atom stereocenters. The zero-order chi connectivity index (χ0) is 17.3. The quantitative estimate of drug-likeness (QED) is 0.577. The first-order chi connectivity index (χ1) is 10.9. The van der Waals surface area contributed by atoms with Gasteiger partial charge in [0.25, 0.3) is 0 Å². The van der Waals surface area contributed by atoms with Crippen molar-refractivity contribution >= 4 is 29.3 Å². The van der Waals surface area contributed by atoms with Gasteiger partial charge in [-0.3, -0.25) is 0 Å². The lowest BCUT2D eigenvalue weighted by molar-refractivity contribution is -0.274. The van der Waals surface area contributed by atoms with Crippen molar-refractivity contribution in [2.45, 2.75) is 56.8 Å². The van der Waals surface area contributed by atoms with E-state index < -0.39 is 6.36 Å². The van der Waals surface area contributed by atoms with E-state index in [0.717, 1.165) is 17.7 Å². The van der Waals surface area contributed by atoms with Crippen molar-refractivity contribution in [2.24, 2.45) is 0 Å². The Morgan fingerprint density at radius 2 is 1.74 bits per heavy atom. The van der Waals surface area contributed by atoms with E-state index in [0.29, 0.717) is 11.2 Å². The fourth-order valence-electron chi connectivity index (χ4n) is 2.10. The highest BCUT2D eigenvalue weighted by molar-refractivity contribution is 7.99. The van der Waals surface area contributed by atoms with Crippen molar-refractivity contribution < 1.29 is 17.9 Å². The van der Waals surface area contributed by atoms with Gasteiger partial charge in [-0.1, -0.05) is 26.7 Å². The monoisotopic (exact) mass is 366 g/mol. The van der Waals surface area contributed by atoms with Crippen molar-refractivity contribution in [3.05, 3.63) is 24.3 Å². The number of ether oxygens (including phenoxy) is 1. The number of rotatable bonds is 4. The van der Waals surface area contributed by atoms with Crippen LogP contribution in [0.15, 0.2) is 29.2 Å². The zero-order valence-electron chi connectivity index (χ0n) is 13.1. The van der Waals surface area contributed by atoms with Gasteiger partial charge in [0.15, 0.2) is 5.11 Å². The molecule has 2 rings (SSSR count). The van der Waals surface area contributed by atoms with Crippen molar-refractivity contribution in [1.29, 1.82) is 0 Å². The molecule has 1 fully saturated rings. The van der Waals surface area contributed by atoms with Gasteiger partial charge in [-0.15, -0.1) is 13.2 Å². The third kappa shape index (κ3) is 8.31. The molecule has 0 radical (unpaired) electrons. The summed E-state index contributed by atoms with van der Waals surface area (Å²) in [6.07, 6.45) is 0.00773. The molecule has 0 atom stereocenters. The summed E-state index contributed by atoms with van der Waals surface area (Å²) in [4.78, 5) is 0.750. The Labute approximate surface area is 144 Å². The maximum Gasteiger partial charge on any atom is 0.573 e. The van der Waals surface area contributed by atoms with Crippen molar-refractivity contribution in [1.82, 2.24) is 10.0 Å². The second kappa shape index (κ2) is 9.87. The zero-order valence-corrected chi connectivity index (χ0v) is 14.7. The van der Waals surface area contributed by atoms with Gasteiger partial charge in [0.2, 0.25) is 0 Å².